The minimum Gasteiger partial charge on any atom is -0.390 e. The van der Waals surface area contributed by atoms with Crippen molar-refractivity contribution in [1.29, 1.82) is 0 Å². The predicted molar refractivity (Wildman–Crippen MR) is 175 cm³/mol. The van der Waals surface area contributed by atoms with Gasteiger partial charge in [0.05, 0.1) is 24.7 Å². The number of hydrogen-bond acceptors (Lipinski definition) is 7. The molecule has 1 saturated heterocycles. The van der Waals surface area contributed by atoms with E-state index >= 15 is 0 Å². The number of nitrogens with zero attached hydrogens (tertiary/aromatic N) is 1. The van der Waals surface area contributed by atoms with Gasteiger partial charge in [0.25, 0.3) is 0 Å². The van der Waals surface area contributed by atoms with Gasteiger partial charge in [0, 0.05) is 25.7 Å². The number of rotatable bonds is 12. The molecule has 5 unspecified atom stereocenters. The van der Waals surface area contributed by atoms with Crippen molar-refractivity contribution in [2.75, 3.05) is 33.2 Å². The van der Waals surface area contributed by atoms with E-state index in [4.69, 9.17) is 5.21 Å². The number of piperidine rings is 1. The second-order valence-corrected chi connectivity index (χ2v) is 13.3. The van der Waals surface area contributed by atoms with Crippen molar-refractivity contribution in [2.24, 2.45) is 11.8 Å². The zero-order valence-corrected chi connectivity index (χ0v) is 27.1. The lowest BCUT2D eigenvalue weighted by Crippen LogP contribution is -2.60. The van der Waals surface area contributed by atoms with Crippen LogP contribution in [0.15, 0.2) is 60.7 Å². The lowest BCUT2D eigenvalue weighted by Gasteiger charge is -2.47. The summed E-state index contributed by atoms with van der Waals surface area (Å²) < 4.78 is 0. The highest BCUT2D eigenvalue weighted by molar-refractivity contribution is 5.82. The molecule has 9 heteroatoms. The molecule has 1 heterocycles. The number of amides is 2. The van der Waals surface area contributed by atoms with E-state index in [0.29, 0.717) is 31.3 Å². The molecule has 0 radical (unpaired) electrons. The predicted octanol–water partition coefficient (Wildman–Crippen LogP) is 3.30. The van der Waals surface area contributed by atoms with E-state index in [0.717, 1.165) is 24.9 Å². The van der Waals surface area contributed by atoms with E-state index in [2.05, 4.69) is 33.0 Å². The first-order chi connectivity index (χ1) is 21.1. The SMILES string of the molecule is CC(C)(C)NC(=O)C1CC2CCCCC2CN1CC(O)C(Cc1ccccc1)NC(=O)CNCCc1ccccc1.CNO. The van der Waals surface area contributed by atoms with E-state index in [1.165, 1.54) is 38.3 Å². The monoisotopic (exact) mass is 609 g/mol. The Labute approximate surface area is 264 Å². The second-order valence-electron chi connectivity index (χ2n) is 13.3. The van der Waals surface area contributed by atoms with Crippen molar-refractivity contribution in [3.05, 3.63) is 71.8 Å². The lowest BCUT2D eigenvalue weighted by molar-refractivity contribution is -0.133. The second kappa shape index (κ2) is 18.2. The number of nitrogens with one attached hydrogen (secondary N) is 4. The van der Waals surface area contributed by atoms with E-state index in [1.807, 2.05) is 69.3 Å². The molecule has 2 aromatic rings. The first kappa shape index (κ1) is 35.7. The van der Waals surface area contributed by atoms with Crippen LogP contribution in [0.25, 0.3) is 0 Å². The standard InChI is InChI=1S/C34H50N4O3.CH5NO/c1-34(2,3)37-33(41)30-21-27-16-10-11-17-28(27)23-38(30)24-31(39)29(20-26-14-8-5-9-15-26)36-32(40)22-35-19-18-25-12-6-4-7-13-25;1-2-3/h4-9,12-15,27-31,35,39H,10-11,16-24H2,1-3H3,(H,36,40)(H,37,41);2-3H,1H3. The van der Waals surface area contributed by atoms with Crippen LogP contribution in [0.5, 0.6) is 0 Å². The first-order valence-corrected chi connectivity index (χ1v) is 16.2. The number of hydrogen-bond donors (Lipinski definition) is 6. The molecule has 1 aliphatic heterocycles. The average molecular weight is 610 g/mol. The lowest BCUT2D eigenvalue weighted by atomic mass is 9.72. The highest BCUT2D eigenvalue weighted by atomic mass is 16.5. The van der Waals surface area contributed by atoms with Crippen LogP contribution in [0.1, 0.15) is 64.0 Å². The Bertz CT molecular complexity index is 1110. The minimum atomic E-state index is -0.812. The molecule has 244 valence electrons. The van der Waals surface area contributed by atoms with Crippen LogP contribution in [-0.4, -0.2) is 84.0 Å². The molecule has 2 aromatic carbocycles. The maximum Gasteiger partial charge on any atom is 0.237 e. The molecule has 2 aliphatic rings. The highest BCUT2D eigenvalue weighted by Gasteiger charge is 2.41. The van der Waals surface area contributed by atoms with Gasteiger partial charge in [-0.15, -0.1) is 0 Å². The van der Waals surface area contributed by atoms with Gasteiger partial charge in [-0.3, -0.25) is 14.5 Å². The van der Waals surface area contributed by atoms with Crippen LogP contribution >= 0.6 is 0 Å². The molecule has 2 fully saturated rings. The maximum absolute atomic E-state index is 13.5. The summed E-state index contributed by atoms with van der Waals surface area (Å²) >= 11 is 0. The van der Waals surface area contributed by atoms with Crippen LogP contribution in [0.2, 0.25) is 0 Å². The first-order valence-electron chi connectivity index (χ1n) is 16.2. The number of β-amino-alcohol motifs (C(OH)–C–C–N with tert-alkyl or cyclic N) is 1. The summed E-state index contributed by atoms with van der Waals surface area (Å²) in [6.07, 6.45) is 6.24. The third kappa shape index (κ3) is 12.3. The number of carbonyl (C=O) groups is 2. The summed E-state index contributed by atoms with van der Waals surface area (Å²) in [6, 6.07) is 19.4. The van der Waals surface area contributed by atoms with Crippen LogP contribution in [0, 0.1) is 11.8 Å². The largest absolute Gasteiger partial charge is 0.390 e. The fraction of sp³-hybridized carbons (Fsp3) is 0.600. The van der Waals surface area contributed by atoms with Crippen molar-refractivity contribution in [1.82, 2.24) is 26.3 Å². The van der Waals surface area contributed by atoms with Gasteiger partial charge < -0.3 is 26.3 Å². The van der Waals surface area contributed by atoms with E-state index in [-0.39, 0.29) is 29.9 Å². The maximum atomic E-state index is 13.5. The molecule has 6 N–H and O–H groups in total. The smallest absolute Gasteiger partial charge is 0.237 e. The van der Waals surface area contributed by atoms with Crippen molar-refractivity contribution >= 4 is 11.8 Å². The van der Waals surface area contributed by atoms with E-state index < -0.39 is 12.1 Å². The minimum absolute atomic E-state index is 0.0417. The summed E-state index contributed by atoms with van der Waals surface area (Å²) in [6.45, 7) is 8.09. The molecule has 9 nitrogen and oxygen atoms in total. The molecule has 0 bridgehead atoms. The molecular weight excluding hydrogens is 554 g/mol. The fourth-order valence-electron chi connectivity index (χ4n) is 6.48. The zero-order chi connectivity index (χ0) is 32.0. The molecule has 1 saturated carbocycles. The Morgan fingerprint density at radius 3 is 2.16 bits per heavy atom. The number of carbonyl (C=O) groups excluding carboxylic acids is 2. The third-order valence-electron chi connectivity index (χ3n) is 8.55. The van der Waals surface area contributed by atoms with E-state index in [9.17, 15) is 14.7 Å². The quantitative estimate of drug-likeness (QED) is 0.161. The van der Waals surface area contributed by atoms with Crippen LogP contribution in [-0.2, 0) is 22.4 Å². The Hall–Kier alpha value is -2.82. The summed E-state index contributed by atoms with van der Waals surface area (Å²) in [7, 11) is 1.43. The summed E-state index contributed by atoms with van der Waals surface area (Å²) in [5.74, 6) is 1.03. The van der Waals surface area contributed by atoms with Crippen LogP contribution < -0.4 is 21.4 Å². The van der Waals surface area contributed by atoms with Crippen molar-refractivity contribution in [3.63, 3.8) is 0 Å². The summed E-state index contributed by atoms with van der Waals surface area (Å²) in [5.41, 5.74) is 3.72. The molecule has 1 aliphatic carbocycles. The van der Waals surface area contributed by atoms with Crippen molar-refractivity contribution < 1.29 is 19.9 Å². The molecular formula is C35H55N5O4. The number of fused-ring (bicyclic) bond motifs is 1. The van der Waals surface area contributed by atoms with Crippen LogP contribution in [0.4, 0.5) is 0 Å². The van der Waals surface area contributed by atoms with E-state index in [1.54, 1.807) is 5.48 Å². The molecule has 44 heavy (non-hydrogen) atoms. The van der Waals surface area contributed by atoms with Gasteiger partial charge in [0.2, 0.25) is 11.8 Å². The Morgan fingerprint density at radius 1 is 0.955 bits per heavy atom. The molecule has 2 amide bonds. The third-order valence-corrected chi connectivity index (χ3v) is 8.55. The van der Waals surface area contributed by atoms with Gasteiger partial charge in [0.1, 0.15) is 0 Å². The Balaban J connectivity index is 0.00000169. The van der Waals surface area contributed by atoms with Crippen LogP contribution in [0.3, 0.4) is 0 Å². The normalized spacial score (nSPS) is 21.6. The van der Waals surface area contributed by atoms with Gasteiger partial charge in [0.15, 0.2) is 0 Å². The summed E-state index contributed by atoms with van der Waals surface area (Å²) in [4.78, 5) is 28.7. The number of benzene rings is 2. The van der Waals surface area contributed by atoms with Gasteiger partial charge >= 0.3 is 0 Å². The number of aliphatic hydroxyl groups excluding tert-OH is 1. The molecule has 0 spiro atoms. The molecule has 5 atom stereocenters. The zero-order valence-electron chi connectivity index (χ0n) is 27.1. The van der Waals surface area contributed by atoms with Gasteiger partial charge in [-0.25, -0.2) is 5.48 Å². The topological polar surface area (TPSA) is 126 Å². The van der Waals surface area contributed by atoms with Crippen molar-refractivity contribution in [3.8, 4) is 0 Å². The summed E-state index contributed by atoms with van der Waals surface area (Å²) in [5, 5.41) is 28.5. The van der Waals surface area contributed by atoms with Gasteiger partial charge in [-0.05, 0) is 76.0 Å². The van der Waals surface area contributed by atoms with Gasteiger partial charge in [-0.2, -0.15) is 0 Å². The highest BCUT2D eigenvalue weighted by Crippen LogP contribution is 2.39. The number of hydroxylamine groups is 1. The molecule has 4 rings (SSSR count). The number of aliphatic hydroxyl groups is 1. The van der Waals surface area contributed by atoms with Crippen molar-refractivity contribution in [2.45, 2.75) is 89.4 Å². The molecule has 0 aromatic heterocycles. The average Bonchev–Trinajstić information content (AvgIpc) is 2.99. The van der Waals surface area contributed by atoms with Gasteiger partial charge in [-0.1, -0.05) is 79.9 Å². The Morgan fingerprint density at radius 2 is 1.55 bits per heavy atom. The Kier molecular flexibility index (Phi) is 14.8. The number of likely N-dealkylation sites (tertiary alicyclic amines) is 1. The fourth-order valence-corrected chi connectivity index (χ4v) is 6.48.